The van der Waals surface area contributed by atoms with Crippen molar-refractivity contribution in [2.45, 2.75) is 24.8 Å². The number of carbonyl (C=O) groups excluding carboxylic acids is 2. The lowest BCUT2D eigenvalue weighted by atomic mass is 10.2. The Hall–Kier alpha value is -4.78. The van der Waals surface area contributed by atoms with Gasteiger partial charge in [0, 0.05) is 18.2 Å². The summed E-state index contributed by atoms with van der Waals surface area (Å²) in [6, 6.07) is 19.0. The minimum absolute atomic E-state index is 0.00614. The van der Waals surface area contributed by atoms with Crippen molar-refractivity contribution in [1.82, 2.24) is 10.7 Å². The molecule has 2 N–H and O–H groups in total. The maximum Gasteiger partial charge on any atom is 0.271 e. The van der Waals surface area contributed by atoms with Crippen LogP contribution in [0.25, 0.3) is 0 Å². The van der Waals surface area contributed by atoms with E-state index in [1.807, 2.05) is 13.8 Å². The fourth-order valence-electron chi connectivity index (χ4n) is 3.30. The summed E-state index contributed by atoms with van der Waals surface area (Å²) in [6.45, 7) is 2.88. The second kappa shape index (κ2) is 13.1. The van der Waals surface area contributed by atoms with Crippen LogP contribution in [-0.4, -0.2) is 50.6 Å². The van der Waals surface area contributed by atoms with Gasteiger partial charge in [-0.2, -0.15) is 5.10 Å². The number of amides is 2. The Morgan fingerprint density at radius 3 is 2.36 bits per heavy atom. The molecule has 3 rings (SSSR count). The molecule has 0 spiro atoms. The van der Waals surface area contributed by atoms with Crippen LogP contribution in [0.1, 0.15) is 19.4 Å². The number of ether oxygens (including phenoxy) is 1. The van der Waals surface area contributed by atoms with E-state index >= 15 is 0 Å². The summed E-state index contributed by atoms with van der Waals surface area (Å²) >= 11 is 0. The molecular formula is C26H27N5O7S. The number of nitro benzene ring substituents is 1. The van der Waals surface area contributed by atoms with Gasteiger partial charge in [-0.25, -0.2) is 13.8 Å². The number of carbonyl (C=O) groups is 2. The van der Waals surface area contributed by atoms with Gasteiger partial charge in [-0.15, -0.1) is 0 Å². The van der Waals surface area contributed by atoms with Gasteiger partial charge in [0.1, 0.15) is 12.3 Å². The SMILES string of the molecule is CC(C)NC(=O)COc1ccc(/C=N\NC(=O)CN(c2cccc([N+](=O)[O-])c2)S(=O)(=O)c2ccccc2)cc1. The molecule has 0 saturated carbocycles. The van der Waals surface area contributed by atoms with E-state index < -0.39 is 27.4 Å². The minimum atomic E-state index is -4.24. The van der Waals surface area contributed by atoms with E-state index in [2.05, 4.69) is 15.8 Å². The third-order valence-corrected chi connectivity index (χ3v) is 6.84. The second-order valence-electron chi connectivity index (χ2n) is 8.47. The van der Waals surface area contributed by atoms with Crippen molar-refractivity contribution < 1.29 is 27.7 Å². The van der Waals surface area contributed by atoms with Crippen LogP contribution < -0.4 is 19.8 Å². The highest BCUT2D eigenvalue weighted by atomic mass is 32.2. The molecule has 0 aliphatic carbocycles. The second-order valence-corrected chi connectivity index (χ2v) is 10.3. The van der Waals surface area contributed by atoms with Crippen molar-refractivity contribution in [3.05, 3.63) is 94.5 Å². The zero-order valence-electron chi connectivity index (χ0n) is 21.2. The van der Waals surface area contributed by atoms with Crippen LogP contribution in [0.2, 0.25) is 0 Å². The number of nitrogens with zero attached hydrogens (tertiary/aromatic N) is 3. The summed E-state index contributed by atoms with van der Waals surface area (Å²) in [5.74, 6) is -0.547. The summed E-state index contributed by atoms with van der Waals surface area (Å²) in [5, 5.41) is 17.8. The number of nitro groups is 1. The number of sulfonamides is 1. The first-order valence-corrected chi connectivity index (χ1v) is 13.2. The molecule has 0 aliphatic heterocycles. The number of benzene rings is 3. The quantitative estimate of drug-likeness (QED) is 0.198. The number of anilines is 1. The molecule has 0 heterocycles. The number of nitrogens with one attached hydrogen (secondary N) is 2. The van der Waals surface area contributed by atoms with Crippen molar-refractivity contribution in [2.24, 2.45) is 5.10 Å². The number of hydrogen-bond acceptors (Lipinski definition) is 8. The highest BCUT2D eigenvalue weighted by Crippen LogP contribution is 2.26. The predicted molar refractivity (Wildman–Crippen MR) is 145 cm³/mol. The van der Waals surface area contributed by atoms with Gasteiger partial charge >= 0.3 is 0 Å². The fourth-order valence-corrected chi connectivity index (χ4v) is 4.74. The summed E-state index contributed by atoms with van der Waals surface area (Å²) < 4.78 is 32.8. The standard InChI is InChI=1S/C26H27N5O7S/c1-19(2)28-26(33)18-38-23-13-11-20(12-14-23)16-27-29-25(32)17-30(21-7-6-8-22(15-21)31(34)35)39(36,37)24-9-4-3-5-10-24/h3-16,19H,17-18H2,1-2H3,(H,28,33)(H,29,32)/b27-16-. The Morgan fingerprint density at radius 2 is 1.72 bits per heavy atom. The molecule has 0 aromatic heterocycles. The topological polar surface area (TPSA) is 160 Å². The van der Waals surface area contributed by atoms with E-state index in [1.54, 1.807) is 30.3 Å². The molecule has 0 radical (unpaired) electrons. The highest BCUT2D eigenvalue weighted by Gasteiger charge is 2.28. The average molecular weight is 554 g/mol. The smallest absolute Gasteiger partial charge is 0.271 e. The Balaban J connectivity index is 1.69. The average Bonchev–Trinajstić information content (AvgIpc) is 2.91. The van der Waals surface area contributed by atoms with Gasteiger partial charge in [0.25, 0.3) is 27.5 Å². The van der Waals surface area contributed by atoms with Crippen molar-refractivity contribution in [3.63, 3.8) is 0 Å². The van der Waals surface area contributed by atoms with Gasteiger partial charge in [0.05, 0.1) is 21.7 Å². The van der Waals surface area contributed by atoms with Gasteiger partial charge in [0.2, 0.25) is 0 Å². The zero-order valence-corrected chi connectivity index (χ0v) is 22.0. The van der Waals surface area contributed by atoms with Crippen LogP contribution in [0.5, 0.6) is 5.75 Å². The van der Waals surface area contributed by atoms with Crippen molar-refractivity contribution in [3.8, 4) is 5.75 Å². The first-order valence-electron chi connectivity index (χ1n) is 11.7. The van der Waals surface area contributed by atoms with E-state index in [9.17, 15) is 28.1 Å². The molecule has 0 saturated heterocycles. The van der Waals surface area contributed by atoms with Gasteiger partial charge in [-0.3, -0.25) is 24.0 Å². The molecule has 0 unspecified atom stereocenters. The molecule has 2 amide bonds. The molecule has 12 nitrogen and oxygen atoms in total. The van der Waals surface area contributed by atoms with E-state index in [-0.39, 0.29) is 34.8 Å². The maximum absolute atomic E-state index is 13.3. The lowest BCUT2D eigenvalue weighted by Crippen LogP contribution is -2.39. The number of rotatable bonds is 12. The Labute approximate surface area is 225 Å². The molecule has 3 aromatic carbocycles. The van der Waals surface area contributed by atoms with Crippen LogP contribution in [0.15, 0.2) is 88.9 Å². The first-order chi connectivity index (χ1) is 18.6. The zero-order chi connectivity index (χ0) is 28.4. The molecule has 0 bridgehead atoms. The van der Waals surface area contributed by atoms with Crippen LogP contribution in [-0.2, 0) is 19.6 Å². The summed E-state index contributed by atoms with van der Waals surface area (Å²) in [4.78, 5) is 34.8. The molecule has 0 fully saturated rings. The van der Waals surface area contributed by atoms with Gasteiger partial charge in [-0.05, 0) is 61.9 Å². The molecule has 0 aliphatic rings. The van der Waals surface area contributed by atoms with Crippen molar-refractivity contribution >= 4 is 39.4 Å². The lowest BCUT2D eigenvalue weighted by molar-refractivity contribution is -0.384. The fraction of sp³-hybridized carbons (Fsp3) is 0.192. The third kappa shape index (κ3) is 8.36. The molecule has 0 atom stereocenters. The van der Waals surface area contributed by atoms with Gasteiger partial charge in [-0.1, -0.05) is 24.3 Å². The number of non-ortho nitro benzene ring substituents is 1. The molecule has 13 heteroatoms. The first kappa shape index (κ1) is 28.8. The van der Waals surface area contributed by atoms with Gasteiger partial charge in [0.15, 0.2) is 6.61 Å². The minimum Gasteiger partial charge on any atom is -0.484 e. The highest BCUT2D eigenvalue weighted by molar-refractivity contribution is 7.92. The predicted octanol–water partition coefficient (Wildman–Crippen LogP) is 2.84. The number of hydrogen-bond donors (Lipinski definition) is 2. The largest absolute Gasteiger partial charge is 0.484 e. The van der Waals surface area contributed by atoms with Gasteiger partial charge < -0.3 is 10.1 Å². The van der Waals surface area contributed by atoms with Crippen LogP contribution in [0, 0.1) is 10.1 Å². The van der Waals surface area contributed by atoms with Crippen LogP contribution in [0.4, 0.5) is 11.4 Å². The third-order valence-electron chi connectivity index (χ3n) is 5.05. The Morgan fingerprint density at radius 1 is 1.03 bits per heavy atom. The summed E-state index contributed by atoms with van der Waals surface area (Å²) in [6.07, 6.45) is 1.34. The van der Waals surface area contributed by atoms with Crippen LogP contribution in [0.3, 0.4) is 0 Å². The normalized spacial score (nSPS) is 11.3. The van der Waals surface area contributed by atoms with Crippen LogP contribution >= 0.6 is 0 Å². The lowest BCUT2D eigenvalue weighted by Gasteiger charge is -2.23. The van der Waals surface area contributed by atoms with Crippen molar-refractivity contribution in [1.29, 1.82) is 0 Å². The molecule has 3 aromatic rings. The Kier molecular flexibility index (Phi) is 9.70. The monoisotopic (exact) mass is 553 g/mol. The van der Waals surface area contributed by atoms with E-state index in [4.69, 9.17) is 4.74 Å². The Bertz CT molecular complexity index is 1440. The summed E-state index contributed by atoms with van der Waals surface area (Å²) in [5.41, 5.74) is 2.49. The summed E-state index contributed by atoms with van der Waals surface area (Å²) in [7, 11) is -4.24. The van der Waals surface area contributed by atoms with E-state index in [1.165, 1.54) is 48.7 Å². The van der Waals surface area contributed by atoms with E-state index in [0.717, 1.165) is 10.4 Å². The molecule has 204 valence electrons. The maximum atomic E-state index is 13.3. The number of hydrazone groups is 1. The molecule has 39 heavy (non-hydrogen) atoms. The van der Waals surface area contributed by atoms with E-state index in [0.29, 0.717) is 11.3 Å². The molecular weight excluding hydrogens is 526 g/mol. The van der Waals surface area contributed by atoms with Crippen molar-refractivity contribution in [2.75, 3.05) is 17.5 Å².